The molecule has 1 aromatic carbocycles. The number of hydrogen-bond donors (Lipinski definition) is 2. The maximum atomic E-state index is 11.4. The Hall–Kier alpha value is -2.63. The minimum absolute atomic E-state index is 0.0906. The highest BCUT2D eigenvalue weighted by Gasteiger charge is 2.24. The lowest BCUT2D eigenvalue weighted by Crippen LogP contribution is -2.34. The van der Waals surface area contributed by atoms with Crippen LogP contribution in [0.25, 0.3) is 22.1 Å². The largest absolute Gasteiger partial charge is 0.480 e. The van der Waals surface area contributed by atoms with Crippen LogP contribution in [0.15, 0.2) is 28.7 Å². The quantitative estimate of drug-likeness (QED) is 0.769. The fraction of sp³-hybridized carbons (Fsp3) is 0.312. The van der Waals surface area contributed by atoms with Gasteiger partial charge in [-0.15, -0.1) is 0 Å². The molecule has 0 aliphatic rings. The van der Waals surface area contributed by atoms with Crippen molar-refractivity contribution in [3.05, 3.63) is 30.1 Å². The van der Waals surface area contributed by atoms with E-state index in [1.165, 1.54) is 0 Å². The van der Waals surface area contributed by atoms with E-state index >= 15 is 0 Å². The predicted molar refractivity (Wildman–Crippen MR) is 83.9 cm³/mol. The zero-order valence-corrected chi connectivity index (χ0v) is 12.6. The van der Waals surface area contributed by atoms with Gasteiger partial charge < -0.3 is 14.8 Å². The molecule has 0 fully saturated rings. The van der Waals surface area contributed by atoms with Crippen LogP contribution in [0.2, 0.25) is 0 Å². The number of carbonyl (C=O) groups is 1. The first-order valence-electron chi connectivity index (χ1n) is 7.12. The summed E-state index contributed by atoms with van der Waals surface area (Å²) >= 11 is 0. The smallest absolute Gasteiger partial charge is 0.326 e. The maximum absolute atomic E-state index is 11.4. The van der Waals surface area contributed by atoms with Crippen LogP contribution in [0.3, 0.4) is 0 Å². The number of carboxylic acids is 1. The number of aliphatic carboxylic acids is 1. The molecule has 0 saturated carbocycles. The molecule has 0 aliphatic carbocycles. The first kappa shape index (κ1) is 14.3. The van der Waals surface area contributed by atoms with Gasteiger partial charge in [-0.25, -0.2) is 14.8 Å². The van der Waals surface area contributed by atoms with E-state index in [-0.39, 0.29) is 5.92 Å². The molecule has 114 valence electrons. The molecule has 1 atom stereocenters. The van der Waals surface area contributed by atoms with E-state index in [1.54, 1.807) is 6.92 Å². The summed E-state index contributed by atoms with van der Waals surface area (Å²) in [4.78, 5) is 20.2. The van der Waals surface area contributed by atoms with Crippen LogP contribution >= 0.6 is 0 Å². The van der Waals surface area contributed by atoms with Crippen LogP contribution in [-0.4, -0.2) is 27.1 Å². The Labute approximate surface area is 127 Å². The van der Waals surface area contributed by atoms with E-state index in [0.717, 1.165) is 5.39 Å². The zero-order valence-electron chi connectivity index (χ0n) is 12.6. The standard InChI is InChI=1S/C16H17N3O3/c1-8(2)12(16(20)21)19-15-14-13(17-9(3)18-15)10-6-4-5-7-11(10)22-14/h4-8,12H,1-3H3,(H,20,21)(H,17,18,19)/t12-/m1/s1. The van der Waals surface area contributed by atoms with Gasteiger partial charge >= 0.3 is 5.97 Å². The van der Waals surface area contributed by atoms with Gasteiger partial charge in [0.05, 0.1) is 0 Å². The molecule has 6 heteroatoms. The molecule has 2 aromatic heterocycles. The van der Waals surface area contributed by atoms with Crippen molar-refractivity contribution in [1.29, 1.82) is 0 Å². The van der Waals surface area contributed by atoms with Gasteiger partial charge in [0.25, 0.3) is 0 Å². The highest BCUT2D eigenvalue weighted by Crippen LogP contribution is 2.31. The summed E-state index contributed by atoms with van der Waals surface area (Å²) in [6.07, 6.45) is 0. The molecule has 6 nitrogen and oxygen atoms in total. The molecule has 22 heavy (non-hydrogen) atoms. The van der Waals surface area contributed by atoms with Crippen LogP contribution in [0.1, 0.15) is 19.7 Å². The van der Waals surface area contributed by atoms with Gasteiger partial charge in [-0.1, -0.05) is 26.0 Å². The number of fused-ring (bicyclic) bond motifs is 3. The number of nitrogens with one attached hydrogen (secondary N) is 1. The van der Waals surface area contributed by atoms with Crippen molar-refractivity contribution in [2.24, 2.45) is 5.92 Å². The van der Waals surface area contributed by atoms with Gasteiger partial charge in [0.15, 0.2) is 11.4 Å². The third-order valence-corrected chi connectivity index (χ3v) is 3.56. The molecular formula is C16H17N3O3. The second-order valence-electron chi connectivity index (χ2n) is 5.60. The first-order valence-corrected chi connectivity index (χ1v) is 7.12. The minimum atomic E-state index is -0.921. The Bertz CT molecular complexity index is 854. The number of aryl methyl sites for hydroxylation is 1. The number of carboxylic acid groups (broad SMARTS) is 1. The molecule has 2 N–H and O–H groups in total. The van der Waals surface area contributed by atoms with E-state index in [1.807, 2.05) is 38.1 Å². The highest BCUT2D eigenvalue weighted by molar-refractivity contribution is 6.05. The van der Waals surface area contributed by atoms with E-state index in [2.05, 4.69) is 15.3 Å². The summed E-state index contributed by atoms with van der Waals surface area (Å²) in [5.74, 6) is -0.0306. The van der Waals surface area contributed by atoms with Crippen molar-refractivity contribution in [3.63, 3.8) is 0 Å². The number of aromatic nitrogens is 2. The summed E-state index contributed by atoms with van der Waals surface area (Å²) in [7, 11) is 0. The Morgan fingerprint density at radius 2 is 2.00 bits per heavy atom. The van der Waals surface area contributed by atoms with Gasteiger partial charge in [-0.2, -0.15) is 0 Å². The maximum Gasteiger partial charge on any atom is 0.326 e. The van der Waals surface area contributed by atoms with Crippen molar-refractivity contribution in [2.45, 2.75) is 26.8 Å². The summed E-state index contributed by atoms with van der Waals surface area (Å²) in [6.45, 7) is 5.46. The molecule has 3 aromatic rings. The van der Waals surface area contributed by atoms with Crippen LogP contribution in [0.5, 0.6) is 0 Å². The summed E-state index contributed by atoms with van der Waals surface area (Å²) in [6, 6.07) is 6.83. The van der Waals surface area contributed by atoms with Gasteiger partial charge in [0, 0.05) is 5.39 Å². The zero-order chi connectivity index (χ0) is 15.9. The second-order valence-corrected chi connectivity index (χ2v) is 5.60. The Morgan fingerprint density at radius 3 is 2.68 bits per heavy atom. The van der Waals surface area contributed by atoms with Crippen LogP contribution < -0.4 is 5.32 Å². The number of rotatable bonds is 4. The lowest BCUT2D eigenvalue weighted by atomic mass is 10.0. The molecule has 0 unspecified atom stereocenters. The van der Waals surface area contributed by atoms with Gasteiger partial charge in [0.1, 0.15) is 23.0 Å². The van der Waals surface area contributed by atoms with Gasteiger partial charge in [-0.05, 0) is 25.0 Å². The van der Waals surface area contributed by atoms with E-state index in [4.69, 9.17) is 4.42 Å². The fourth-order valence-corrected chi connectivity index (χ4v) is 2.46. The van der Waals surface area contributed by atoms with Crippen molar-refractivity contribution < 1.29 is 14.3 Å². The van der Waals surface area contributed by atoms with E-state index in [9.17, 15) is 9.90 Å². The molecule has 0 radical (unpaired) electrons. The van der Waals surface area contributed by atoms with Crippen molar-refractivity contribution in [2.75, 3.05) is 5.32 Å². The highest BCUT2D eigenvalue weighted by atomic mass is 16.4. The van der Waals surface area contributed by atoms with Crippen LogP contribution in [0, 0.1) is 12.8 Å². The number of furan rings is 1. The molecular weight excluding hydrogens is 282 g/mol. The number of para-hydroxylation sites is 1. The third kappa shape index (κ3) is 2.36. The third-order valence-electron chi connectivity index (χ3n) is 3.56. The Balaban J connectivity index is 2.18. The second kappa shape index (κ2) is 5.29. The lowest BCUT2D eigenvalue weighted by molar-refractivity contribution is -0.138. The topological polar surface area (TPSA) is 88.2 Å². The normalized spacial score (nSPS) is 12.9. The SMILES string of the molecule is Cc1nc(N[C@@H](C(=O)O)C(C)C)c2oc3ccccc3c2n1. The molecule has 0 bridgehead atoms. The molecule has 0 spiro atoms. The van der Waals surface area contributed by atoms with Gasteiger partial charge in [0.2, 0.25) is 0 Å². The summed E-state index contributed by atoms with van der Waals surface area (Å²) < 4.78 is 5.82. The predicted octanol–water partition coefficient (Wildman–Crippen LogP) is 3.21. The fourth-order valence-electron chi connectivity index (χ4n) is 2.46. The lowest BCUT2D eigenvalue weighted by Gasteiger charge is -2.18. The van der Waals surface area contributed by atoms with Crippen LogP contribution in [0.4, 0.5) is 5.82 Å². The summed E-state index contributed by atoms with van der Waals surface area (Å²) in [5.41, 5.74) is 1.88. The molecule has 0 saturated heterocycles. The van der Waals surface area contributed by atoms with Crippen molar-refractivity contribution >= 4 is 33.9 Å². The molecule has 2 heterocycles. The average molecular weight is 299 g/mol. The van der Waals surface area contributed by atoms with Crippen molar-refractivity contribution in [1.82, 2.24) is 9.97 Å². The summed E-state index contributed by atoms with van der Waals surface area (Å²) in [5, 5.41) is 13.2. The Kier molecular flexibility index (Phi) is 3.44. The van der Waals surface area contributed by atoms with E-state index in [0.29, 0.717) is 28.3 Å². The average Bonchev–Trinajstić information content (AvgIpc) is 2.82. The van der Waals surface area contributed by atoms with E-state index < -0.39 is 12.0 Å². The number of anilines is 1. The minimum Gasteiger partial charge on any atom is -0.480 e. The molecule has 0 amide bonds. The first-order chi connectivity index (χ1) is 10.5. The molecule has 0 aliphatic heterocycles. The monoisotopic (exact) mass is 299 g/mol. The number of hydrogen-bond acceptors (Lipinski definition) is 5. The molecule has 3 rings (SSSR count). The van der Waals surface area contributed by atoms with Crippen LogP contribution in [-0.2, 0) is 4.79 Å². The number of nitrogens with zero attached hydrogens (tertiary/aromatic N) is 2. The van der Waals surface area contributed by atoms with Gasteiger partial charge in [-0.3, -0.25) is 0 Å². The Morgan fingerprint density at radius 1 is 1.27 bits per heavy atom. The van der Waals surface area contributed by atoms with Crippen molar-refractivity contribution in [3.8, 4) is 0 Å². The number of benzene rings is 1.